The van der Waals surface area contributed by atoms with Crippen LogP contribution in [0.4, 0.5) is 5.13 Å². The third-order valence-electron chi connectivity index (χ3n) is 2.49. The van der Waals surface area contributed by atoms with Gasteiger partial charge < -0.3 is 4.74 Å². The Morgan fingerprint density at radius 2 is 2.23 bits per heavy atom. The number of hydrogen-bond donors (Lipinski definition) is 1. The van der Waals surface area contributed by atoms with Gasteiger partial charge in [0.1, 0.15) is 5.75 Å². The number of aryl methyl sites for hydroxylation is 1. The van der Waals surface area contributed by atoms with Crippen molar-refractivity contribution in [3.05, 3.63) is 28.8 Å². The first-order valence-corrected chi connectivity index (χ1v) is 8.70. The summed E-state index contributed by atoms with van der Waals surface area (Å²) >= 11 is 8.90. The first-order chi connectivity index (χ1) is 10.4. The minimum Gasteiger partial charge on any atom is -0.484 e. The number of carbonyl (C=O) groups is 1. The van der Waals surface area contributed by atoms with Gasteiger partial charge in [-0.2, -0.15) is 0 Å². The highest BCUT2D eigenvalue weighted by molar-refractivity contribution is 8.01. The number of ether oxygens (including phenoxy) is 1. The molecule has 118 valence electrons. The van der Waals surface area contributed by atoms with E-state index < -0.39 is 0 Å². The van der Waals surface area contributed by atoms with Gasteiger partial charge in [-0.15, -0.1) is 10.2 Å². The van der Waals surface area contributed by atoms with E-state index in [4.69, 9.17) is 16.3 Å². The highest BCUT2D eigenvalue weighted by Gasteiger charge is 2.10. The first kappa shape index (κ1) is 17.1. The molecule has 0 saturated carbocycles. The molecule has 1 N–H and O–H groups in total. The summed E-state index contributed by atoms with van der Waals surface area (Å²) in [7, 11) is 0. The molecule has 0 aliphatic carbocycles. The quantitative estimate of drug-likeness (QED) is 0.625. The molecule has 1 amide bonds. The van der Waals surface area contributed by atoms with Crippen LogP contribution in [0.3, 0.4) is 0 Å². The molecule has 8 heteroatoms. The number of amides is 1. The number of benzene rings is 1. The molecule has 0 radical (unpaired) electrons. The predicted molar refractivity (Wildman–Crippen MR) is 91.2 cm³/mol. The Labute approximate surface area is 142 Å². The number of carbonyl (C=O) groups excluding carboxylic acids is 1. The van der Waals surface area contributed by atoms with Crippen LogP contribution in [0.2, 0.25) is 5.02 Å². The summed E-state index contributed by atoms with van der Waals surface area (Å²) in [6, 6.07) is 5.26. The lowest BCUT2D eigenvalue weighted by atomic mass is 10.2. The molecule has 0 unspecified atom stereocenters. The minimum atomic E-state index is -0.273. The van der Waals surface area contributed by atoms with Gasteiger partial charge in [0.2, 0.25) is 5.13 Å². The Hall–Kier alpha value is -1.31. The Morgan fingerprint density at radius 1 is 1.45 bits per heavy atom. The highest BCUT2D eigenvalue weighted by Crippen LogP contribution is 2.28. The molecule has 2 aromatic rings. The Balaban J connectivity index is 1.84. The molecule has 0 aliphatic heterocycles. The van der Waals surface area contributed by atoms with Gasteiger partial charge in [0.05, 0.1) is 0 Å². The van der Waals surface area contributed by atoms with Crippen LogP contribution in [0.1, 0.15) is 19.4 Å². The van der Waals surface area contributed by atoms with E-state index in [2.05, 4.69) is 29.4 Å². The van der Waals surface area contributed by atoms with E-state index in [0.29, 0.717) is 21.2 Å². The SMILES string of the molecule is Cc1cc(OCC(=O)Nc2nnc(SC(C)C)s2)ccc1Cl. The third kappa shape index (κ3) is 5.15. The zero-order valence-electron chi connectivity index (χ0n) is 12.4. The molecule has 22 heavy (non-hydrogen) atoms. The Bertz CT molecular complexity index is 661. The van der Waals surface area contributed by atoms with Gasteiger partial charge in [-0.1, -0.05) is 48.5 Å². The number of nitrogens with one attached hydrogen (secondary N) is 1. The second-order valence-corrected chi connectivity index (χ2v) is 8.00. The van der Waals surface area contributed by atoms with E-state index in [1.165, 1.54) is 11.3 Å². The first-order valence-electron chi connectivity index (χ1n) is 6.63. The third-order valence-corrected chi connectivity index (χ3v) is 4.84. The van der Waals surface area contributed by atoms with Crippen LogP contribution >= 0.6 is 34.7 Å². The van der Waals surface area contributed by atoms with Crippen molar-refractivity contribution in [2.24, 2.45) is 0 Å². The number of rotatable bonds is 6. The van der Waals surface area contributed by atoms with E-state index in [0.717, 1.165) is 9.90 Å². The number of hydrogen-bond acceptors (Lipinski definition) is 6. The van der Waals surface area contributed by atoms with Crippen LogP contribution < -0.4 is 10.1 Å². The van der Waals surface area contributed by atoms with Gasteiger partial charge in [-0.3, -0.25) is 10.1 Å². The molecular weight excluding hydrogens is 342 g/mol. The normalized spacial score (nSPS) is 10.8. The lowest BCUT2D eigenvalue weighted by molar-refractivity contribution is -0.118. The maximum Gasteiger partial charge on any atom is 0.264 e. The van der Waals surface area contributed by atoms with E-state index in [-0.39, 0.29) is 12.5 Å². The molecule has 0 spiro atoms. The molecule has 0 saturated heterocycles. The van der Waals surface area contributed by atoms with E-state index >= 15 is 0 Å². The molecular formula is C14H16ClN3O2S2. The topological polar surface area (TPSA) is 64.1 Å². The average Bonchev–Trinajstić information content (AvgIpc) is 2.86. The maximum absolute atomic E-state index is 11.8. The second-order valence-electron chi connectivity index (χ2n) is 4.79. The van der Waals surface area contributed by atoms with Gasteiger partial charge >= 0.3 is 0 Å². The summed E-state index contributed by atoms with van der Waals surface area (Å²) in [4.78, 5) is 11.8. The molecule has 0 bridgehead atoms. The molecule has 1 aromatic heterocycles. The van der Waals surface area contributed by atoms with Crippen LogP contribution in [-0.2, 0) is 4.79 Å². The molecule has 0 atom stereocenters. The van der Waals surface area contributed by atoms with Crippen LogP contribution in [0.15, 0.2) is 22.5 Å². The summed E-state index contributed by atoms with van der Waals surface area (Å²) in [5, 5.41) is 12.2. The molecule has 0 aliphatic rings. The monoisotopic (exact) mass is 357 g/mol. The van der Waals surface area contributed by atoms with Crippen molar-refractivity contribution >= 4 is 45.7 Å². The van der Waals surface area contributed by atoms with Gasteiger partial charge in [-0.25, -0.2) is 0 Å². The van der Waals surface area contributed by atoms with Gasteiger partial charge in [0.15, 0.2) is 10.9 Å². The van der Waals surface area contributed by atoms with Gasteiger partial charge in [-0.05, 0) is 30.7 Å². The van der Waals surface area contributed by atoms with E-state index in [1.807, 2.05) is 6.92 Å². The van der Waals surface area contributed by atoms with Crippen molar-refractivity contribution in [1.29, 1.82) is 0 Å². The van der Waals surface area contributed by atoms with Crippen LogP contribution in [0.25, 0.3) is 0 Å². The fourth-order valence-electron chi connectivity index (χ4n) is 1.52. The Morgan fingerprint density at radius 3 is 2.91 bits per heavy atom. The smallest absolute Gasteiger partial charge is 0.264 e. The summed E-state index contributed by atoms with van der Waals surface area (Å²) < 4.78 is 6.26. The molecule has 0 fully saturated rings. The zero-order chi connectivity index (χ0) is 16.1. The zero-order valence-corrected chi connectivity index (χ0v) is 14.8. The van der Waals surface area contributed by atoms with Crippen molar-refractivity contribution in [3.63, 3.8) is 0 Å². The molecule has 2 rings (SSSR count). The standard InChI is InChI=1S/C14H16ClN3O2S2/c1-8(2)21-14-18-17-13(22-14)16-12(19)7-20-10-4-5-11(15)9(3)6-10/h4-6,8H,7H2,1-3H3,(H,16,17,19). The number of thioether (sulfide) groups is 1. The summed E-state index contributed by atoms with van der Waals surface area (Å²) in [5.41, 5.74) is 0.902. The largest absolute Gasteiger partial charge is 0.484 e. The number of anilines is 1. The van der Waals surface area contributed by atoms with Crippen LogP contribution in [0, 0.1) is 6.92 Å². The molecule has 5 nitrogen and oxygen atoms in total. The average molecular weight is 358 g/mol. The number of aromatic nitrogens is 2. The van der Waals surface area contributed by atoms with Gasteiger partial charge in [0, 0.05) is 10.3 Å². The Kier molecular flexibility index (Phi) is 6.05. The molecule has 1 heterocycles. The molecule has 1 aromatic carbocycles. The maximum atomic E-state index is 11.8. The van der Waals surface area contributed by atoms with E-state index in [1.54, 1.807) is 30.0 Å². The van der Waals surface area contributed by atoms with Crippen LogP contribution in [0.5, 0.6) is 5.75 Å². The highest BCUT2D eigenvalue weighted by atomic mass is 35.5. The van der Waals surface area contributed by atoms with Crippen molar-refractivity contribution in [3.8, 4) is 5.75 Å². The fourth-order valence-corrected chi connectivity index (χ4v) is 3.63. The lowest BCUT2D eigenvalue weighted by Gasteiger charge is -2.07. The van der Waals surface area contributed by atoms with Crippen molar-refractivity contribution < 1.29 is 9.53 Å². The number of halogens is 1. The minimum absolute atomic E-state index is 0.0900. The number of nitrogens with zero attached hydrogens (tertiary/aromatic N) is 2. The summed E-state index contributed by atoms with van der Waals surface area (Å²) in [5.74, 6) is 0.329. The summed E-state index contributed by atoms with van der Waals surface area (Å²) in [6.45, 7) is 5.94. The van der Waals surface area contributed by atoms with Gasteiger partial charge in [0.25, 0.3) is 5.91 Å². The van der Waals surface area contributed by atoms with Crippen LogP contribution in [-0.4, -0.2) is 28.0 Å². The second kappa shape index (κ2) is 7.80. The summed E-state index contributed by atoms with van der Waals surface area (Å²) in [6.07, 6.45) is 0. The van der Waals surface area contributed by atoms with Crippen molar-refractivity contribution in [1.82, 2.24) is 10.2 Å². The predicted octanol–water partition coefficient (Wildman–Crippen LogP) is 4.02. The van der Waals surface area contributed by atoms with Crippen molar-refractivity contribution in [2.45, 2.75) is 30.4 Å². The fraction of sp³-hybridized carbons (Fsp3) is 0.357. The lowest BCUT2D eigenvalue weighted by Crippen LogP contribution is -2.20. The van der Waals surface area contributed by atoms with E-state index in [9.17, 15) is 4.79 Å². The van der Waals surface area contributed by atoms with Crippen molar-refractivity contribution in [2.75, 3.05) is 11.9 Å².